The first-order chi connectivity index (χ1) is 11.1. The van der Waals surface area contributed by atoms with Crippen LogP contribution in [0.3, 0.4) is 0 Å². The third-order valence-electron chi connectivity index (χ3n) is 4.55. The van der Waals surface area contributed by atoms with Gasteiger partial charge in [0.1, 0.15) is 11.5 Å². The molecule has 2 aromatic rings. The smallest absolute Gasteiger partial charge is 0.169 e. The molecule has 0 bridgehead atoms. The number of carbonyl (C=O) groups is 2. The van der Waals surface area contributed by atoms with Crippen LogP contribution in [0.25, 0.3) is 0 Å². The Kier molecular flexibility index (Phi) is 5.11. The molecule has 23 heavy (non-hydrogen) atoms. The standard InChI is InChI=1S/C19H19BrO3/c20-19-11-10-18(23-19)15(14-8-4-5-9-16(14)21)12-17(22)13-6-2-1-3-7-13/h1-3,6-7,10-11,14-15H,4-5,8-9,12H2. The molecule has 0 saturated heterocycles. The van der Waals surface area contributed by atoms with Gasteiger partial charge < -0.3 is 4.42 Å². The fourth-order valence-electron chi connectivity index (χ4n) is 3.35. The van der Waals surface area contributed by atoms with Gasteiger partial charge in [0, 0.05) is 30.2 Å². The molecule has 1 heterocycles. The number of benzene rings is 1. The van der Waals surface area contributed by atoms with E-state index in [0.29, 0.717) is 23.1 Å². The largest absolute Gasteiger partial charge is 0.454 e. The third kappa shape index (κ3) is 3.81. The summed E-state index contributed by atoms with van der Waals surface area (Å²) in [6, 6.07) is 12.9. The maximum Gasteiger partial charge on any atom is 0.169 e. The number of furan rings is 1. The van der Waals surface area contributed by atoms with Crippen molar-refractivity contribution in [1.82, 2.24) is 0 Å². The van der Waals surface area contributed by atoms with Crippen LogP contribution in [0.1, 0.15) is 54.1 Å². The van der Waals surface area contributed by atoms with Crippen LogP contribution in [-0.4, -0.2) is 11.6 Å². The average Bonchev–Trinajstić information content (AvgIpc) is 3.00. The monoisotopic (exact) mass is 374 g/mol. The summed E-state index contributed by atoms with van der Waals surface area (Å²) in [4.78, 5) is 25.0. The van der Waals surface area contributed by atoms with E-state index in [0.717, 1.165) is 25.0 Å². The van der Waals surface area contributed by atoms with Gasteiger partial charge in [0.25, 0.3) is 0 Å². The van der Waals surface area contributed by atoms with Crippen molar-refractivity contribution in [2.45, 2.75) is 38.0 Å². The van der Waals surface area contributed by atoms with Gasteiger partial charge in [-0.2, -0.15) is 0 Å². The highest BCUT2D eigenvalue weighted by Crippen LogP contribution is 2.38. The highest BCUT2D eigenvalue weighted by molar-refractivity contribution is 9.10. The molecule has 0 N–H and O–H groups in total. The molecule has 2 atom stereocenters. The minimum atomic E-state index is -0.179. The number of Topliss-reactive ketones (excluding diaryl/α,β-unsaturated/α-hetero) is 2. The van der Waals surface area contributed by atoms with Crippen LogP contribution in [0.2, 0.25) is 0 Å². The van der Waals surface area contributed by atoms with E-state index in [4.69, 9.17) is 4.42 Å². The second kappa shape index (κ2) is 7.26. The molecule has 1 saturated carbocycles. The van der Waals surface area contributed by atoms with Crippen LogP contribution in [0, 0.1) is 5.92 Å². The molecule has 0 aliphatic heterocycles. The first kappa shape index (κ1) is 16.2. The van der Waals surface area contributed by atoms with Gasteiger partial charge in [-0.25, -0.2) is 0 Å². The summed E-state index contributed by atoms with van der Waals surface area (Å²) < 4.78 is 6.33. The molecule has 1 aliphatic carbocycles. The normalized spacial score (nSPS) is 19.5. The summed E-state index contributed by atoms with van der Waals surface area (Å²) in [7, 11) is 0. The van der Waals surface area contributed by atoms with Gasteiger partial charge in [0.15, 0.2) is 10.5 Å². The Morgan fingerprint density at radius 3 is 2.61 bits per heavy atom. The van der Waals surface area contributed by atoms with Gasteiger partial charge in [0.2, 0.25) is 0 Å². The predicted octanol–water partition coefficient (Wildman–Crippen LogP) is 5.16. The lowest BCUT2D eigenvalue weighted by Crippen LogP contribution is -2.27. The number of ketones is 2. The van der Waals surface area contributed by atoms with Crippen molar-refractivity contribution in [1.29, 1.82) is 0 Å². The van der Waals surface area contributed by atoms with Gasteiger partial charge >= 0.3 is 0 Å². The predicted molar refractivity (Wildman–Crippen MR) is 91.5 cm³/mol. The van der Waals surface area contributed by atoms with Crippen LogP contribution in [0.5, 0.6) is 0 Å². The van der Waals surface area contributed by atoms with Crippen LogP contribution >= 0.6 is 15.9 Å². The van der Waals surface area contributed by atoms with E-state index >= 15 is 0 Å². The molecule has 0 amide bonds. The summed E-state index contributed by atoms with van der Waals surface area (Å²) in [5.74, 6) is 0.744. The number of halogens is 1. The first-order valence-electron chi connectivity index (χ1n) is 8.01. The lowest BCUT2D eigenvalue weighted by molar-refractivity contribution is -0.125. The molecule has 1 aromatic heterocycles. The molecule has 1 fully saturated rings. The van der Waals surface area contributed by atoms with Gasteiger partial charge in [-0.15, -0.1) is 0 Å². The van der Waals surface area contributed by atoms with E-state index in [1.54, 1.807) is 0 Å². The number of hydrogen-bond acceptors (Lipinski definition) is 3. The van der Waals surface area contributed by atoms with Crippen molar-refractivity contribution in [2.75, 3.05) is 0 Å². The summed E-state index contributed by atoms with van der Waals surface area (Å²) in [5.41, 5.74) is 0.686. The number of rotatable bonds is 5. The van der Waals surface area contributed by atoms with Crippen LogP contribution in [0.4, 0.5) is 0 Å². The van der Waals surface area contributed by atoms with E-state index in [-0.39, 0.29) is 23.4 Å². The van der Waals surface area contributed by atoms with Crippen molar-refractivity contribution < 1.29 is 14.0 Å². The Labute approximate surface area is 144 Å². The zero-order valence-electron chi connectivity index (χ0n) is 12.8. The van der Waals surface area contributed by atoms with E-state index < -0.39 is 0 Å². The van der Waals surface area contributed by atoms with E-state index in [1.165, 1.54) is 0 Å². The zero-order valence-corrected chi connectivity index (χ0v) is 14.4. The summed E-state index contributed by atoms with van der Waals surface area (Å²) >= 11 is 3.31. The van der Waals surface area contributed by atoms with Crippen molar-refractivity contribution >= 4 is 27.5 Å². The Morgan fingerprint density at radius 1 is 1.17 bits per heavy atom. The Bertz CT molecular complexity index is 690. The zero-order chi connectivity index (χ0) is 16.2. The Morgan fingerprint density at radius 2 is 1.96 bits per heavy atom. The number of hydrogen-bond donors (Lipinski definition) is 0. The lowest BCUT2D eigenvalue weighted by atomic mass is 9.75. The molecule has 4 heteroatoms. The topological polar surface area (TPSA) is 47.3 Å². The molecular weight excluding hydrogens is 356 g/mol. The molecule has 2 unspecified atom stereocenters. The molecule has 0 radical (unpaired) electrons. The summed E-state index contributed by atoms with van der Waals surface area (Å²) in [6.45, 7) is 0. The van der Waals surface area contributed by atoms with Gasteiger partial charge in [-0.1, -0.05) is 36.8 Å². The molecule has 3 nitrogen and oxygen atoms in total. The van der Waals surface area contributed by atoms with E-state index in [9.17, 15) is 9.59 Å². The van der Waals surface area contributed by atoms with E-state index in [2.05, 4.69) is 15.9 Å². The van der Waals surface area contributed by atoms with Gasteiger partial charge in [-0.05, 0) is 40.9 Å². The molecular formula is C19H19BrO3. The van der Waals surface area contributed by atoms with E-state index in [1.807, 2.05) is 42.5 Å². The highest BCUT2D eigenvalue weighted by atomic mass is 79.9. The quantitative estimate of drug-likeness (QED) is 0.679. The Hall–Kier alpha value is -1.68. The second-order valence-electron chi connectivity index (χ2n) is 6.06. The van der Waals surface area contributed by atoms with Crippen molar-refractivity contribution in [3.8, 4) is 0 Å². The van der Waals surface area contributed by atoms with Crippen molar-refractivity contribution in [3.63, 3.8) is 0 Å². The average molecular weight is 375 g/mol. The second-order valence-corrected chi connectivity index (χ2v) is 6.84. The molecule has 3 rings (SSSR count). The van der Waals surface area contributed by atoms with Crippen molar-refractivity contribution in [3.05, 3.63) is 58.5 Å². The van der Waals surface area contributed by atoms with Crippen molar-refractivity contribution in [2.24, 2.45) is 5.92 Å². The summed E-state index contributed by atoms with van der Waals surface area (Å²) in [6.07, 6.45) is 3.75. The first-order valence-corrected chi connectivity index (χ1v) is 8.80. The fourth-order valence-corrected chi connectivity index (χ4v) is 3.66. The third-order valence-corrected chi connectivity index (χ3v) is 4.97. The molecule has 1 aliphatic rings. The SMILES string of the molecule is O=C(CC(c1ccc(Br)o1)C1CCCCC1=O)c1ccccc1. The van der Waals surface area contributed by atoms with Crippen LogP contribution < -0.4 is 0 Å². The maximum atomic E-state index is 12.6. The van der Waals surface area contributed by atoms with Crippen LogP contribution in [0.15, 0.2) is 51.6 Å². The molecule has 120 valence electrons. The van der Waals surface area contributed by atoms with Gasteiger partial charge in [-0.3, -0.25) is 9.59 Å². The van der Waals surface area contributed by atoms with Gasteiger partial charge in [0.05, 0.1) is 0 Å². The highest BCUT2D eigenvalue weighted by Gasteiger charge is 2.34. The van der Waals surface area contributed by atoms with Crippen LogP contribution in [-0.2, 0) is 4.79 Å². The minimum absolute atomic E-state index is 0.0569. The lowest BCUT2D eigenvalue weighted by Gasteiger charge is -2.27. The Balaban J connectivity index is 1.86. The summed E-state index contributed by atoms with van der Waals surface area (Å²) in [5, 5.41) is 0. The number of carbonyl (C=O) groups excluding carboxylic acids is 2. The fraction of sp³-hybridized carbons (Fsp3) is 0.368. The molecule has 1 aromatic carbocycles. The molecule has 0 spiro atoms. The maximum absolute atomic E-state index is 12.6. The minimum Gasteiger partial charge on any atom is -0.454 e.